The lowest BCUT2D eigenvalue weighted by atomic mass is 10.1. The van der Waals surface area contributed by atoms with E-state index in [2.05, 4.69) is 16.6 Å². The van der Waals surface area contributed by atoms with Crippen LogP contribution in [0.3, 0.4) is 0 Å². The molecular formula is C23H19N3O5S. The fraction of sp³-hybridized carbons (Fsp3) is 0.130. The lowest BCUT2D eigenvalue weighted by molar-refractivity contribution is -0.128. The summed E-state index contributed by atoms with van der Waals surface area (Å²) in [5, 5.41) is 3.45. The van der Waals surface area contributed by atoms with Gasteiger partial charge >= 0.3 is 5.97 Å². The molecule has 1 N–H and O–H groups in total. The number of amides is 2. The molecule has 3 heterocycles. The van der Waals surface area contributed by atoms with Crippen molar-refractivity contribution in [1.29, 1.82) is 0 Å². The number of nitrogens with zero attached hydrogens (tertiary/aromatic N) is 2. The van der Waals surface area contributed by atoms with Crippen molar-refractivity contribution in [2.24, 2.45) is 0 Å². The van der Waals surface area contributed by atoms with E-state index in [1.807, 2.05) is 35.0 Å². The third kappa shape index (κ3) is 3.85. The van der Waals surface area contributed by atoms with Crippen molar-refractivity contribution in [3.05, 3.63) is 77.9 Å². The third-order valence-electron chi connectivity index (χ3n) is 4.99. The van der Waals surface area contributed by atoms with Crippen LogP contribution in [0.2, 0.25) is 0 Å². The summed E-state index contributed by atoms with van der Waals surface area (Å²) in [6.45, 7) is 4.16. The van der Waals surface area contributed by atoms with Crippen LogP contribution in [0.5, 0.6) is 0 Å². The first kappa shape index (κ1) is 21.3. The predicted octanol–water partition coefficient (Wildman–Crippen LogP) is 2.88. The van der Waals surface area contributed by atoms with E-state index in [4.69, 9.17) is 16.6 Å². The summed E-state index contributed by atoms with van der Waals surface area (Å²) in [6, 6.07) is 10.8. The van der Waals surface area contributed by atoms with E-state index < -0.39 is 17.8 Å². The summed E-state index contributed by atoms with van der Waals surface area (Å²) in [4.78, 5) is 38.3. The summed E-state index contributed by atoms with van der Waals surface area (Å²) in [5.74, 6) is -0.915. The molecule has 3 aromatic rings. The highest BCUT2D eigenvalue weighted by Crippen LogP contribution is 2.26. The van der Waals surface area contributed by atoms with E-state index in [0.717, 1.165) is 10.9 Å². The minimum absolute atomic E-state index is 0.0191. The number of rotatable bonds is 6. The van der Waals surface area contributed by atoms with Crippen LogP contribution in [0.4, 0.5) is 0 Å². The zero-order valence-corrected chi connectivity index (χ0v) is 18.0. The van der Waals surface area contributed by atoms with E-state index in [0.29, 0.717) is 17.9 Å². The first-order chi connectivity index (χ1) is 15.4. The van der Waals surface area contributed by atoms with Crippen molar-refractivity contribution in [1.82, 2.24) is 14.8 Å². The number of aromatic nitrogens is 1. The molecule has 0 unspecified atom stereocenters. The number of carbonyl (C=O) groups is 3. The van der Waals surface area contributed by atoms with Crippen molar-refractivity contribution in [2.45, 2.75) is 6.54 Å². The van der Waals surface area contributed by atoms with E-state index in [1.165, 1.54) is 18.1 Å². The fourth-order valence-electron chi connectivity index (χ4n) is 3.51. The van der Waals surface area contributed by atoms with E-state index >= 15 is 0 Å². The molecule has 0 bridgehead atoms. The molecule has 1 aromatic carbocycles. The molecule has 0 radical (unpaired) electrons. The summed E-state index contributed by atoms with van der Waals surface area (Å²) >= 11 is 5.10. The minimum atomic E-state index is -0.553. The fourth-order valence-corrected chi connectivity index (χ4v) is 3.76. The Bertz CT molecular complexity index is 1300. The van der Waals surface area contributed by atoms with Gasteiger partial charge in [0.2, 0.25) is 5.76 Å². The molecule has 9 heteroatoms. The Balaban J connectivity index is 1.73. The van der Waals surface area contributed by atoms with Gasteiger partial charge in [0.15, 0.2) is 5.11 Å². The number of carbonyl (C=O) groups excluding carboxylic acids is 3. The number of para-hydroxylation sites is 1. The van der Waals surface area contributed by atoms with Crippen molar-refractivity contribution in [3.63, 3.8) is 0 Å². The monoisotopic (exact) mass is 449 g/mol. The smallest absolute Gasteiger partial charge is 0.373 e. The average molecular weight is 449 g/mol. The number of hydrogen-bond acceptors (Lipinski definition) is 6. The summed E-state index contributed by atoms with van der Waals surface area (Å²) < 4.78 is 12.2. The maximum absolute atomic E-state index is 12.9. The highest BCUT2D eigenvalue weighted by Gasteiger charge is 2.32. The molecule has 1 fully saturated rings. The molecule has 1 aliphatic heterocycles. The highest BCUT2D eigenvalue weighted by atomic mass is 32.1. The number of thiocarbonyl (C=S) groups is 1. The lowest BCUT2D eigenvalue weighted by Gasteiger charge is -2.27. The van der Waals surface area contributed by atoms with Crippen LogP contribution in [0, 0.1) is 0 Å². The summed E-state index contributed by atoms with van der Waals surface area (Å²) in [5.41, 5.74) is 1.54. The first-order valence-electron chi connectivity index (χ1n) is 9.67. The number of hydrogen-bond donors (Lipinski definition) is 1. The number of methoxy groups -OCH3 is 1. The second kappa shape index (κ2) is 8.64. The van der Waals surface area contributed by atoms with E-state index in [1.54, 1.807) is 18.2 Å². The Morgan fingerprint density at radius 1 is 1.25 bits per heavy atom. The van der Waals surface area contributed by atoms with Gasteiger partial charge in [-0.05, 0) is 36.5 Å². The van der Waals surface area contributed by atoms with Crippen LogP contribution >= 0.6 is 12.2 Å². The lowest BCUT2D eigenvalue weighted by Crippen LogP contribution is -2.53. The number of furan rings is 1. The molecule has 1 saturated heterocycles. The topological polar surface area (TPSA) is 93.8 Å². The van der Waals surface area contributed by atoms with Crippen LogP contribution in [-0.4, -0.2) is 46.0 Å². The predicted molar refractivity (Wildman–Crippen MR) is 122 cm³/mol. The van der Waals surface area contributed by atoms with E-state index in [-0.39, 0.29) is 23.0 Å². The Morgan fingerprint density at radius 3 is 2.78 bits per heavy atom. The second-order valence-electron chi connectivity index (χ2n) is 7.01. The molecule has 8 nitrogen and oxygen atoms in total. The summed E-state index contributed by atoms with van der Waals surface area (Å²) in [7, 11) is 1.29. The van der Waals surface area contributed by atoms with E-state index in [9.17, 15) is 14.4 Å². The standard InChI is InChI=1S/C23H19N3O5S/c1-3-10-26-21(28)17(20(27)24-23(26)32)11-14-12-25(18-7-5-4-6-16(14)18)13-15-8-9-19(31-15)22(29)30-2/h3-9,11-12H,1,10,13H2,2H3,(H,24,27,32)/b17-11-. The minimum Gasteiger partial charge on any atom is -0.463 e. The molecule has 2 amide bonds. The summed E-state index contributed by atoms with van der Waals surface area (Å²) in [6.07, 6.45) is 4.91. The zero-order chi connectivity index (χ0) is 22.8. The van der Waals surface area contributed by atoms with Crippen LogP contribution < -0.4 is 5.32 Å². The molecular weight excluding hydrogens is 430 g/mol. The molecule has 0 aliphatic carbocycles. The molecule has 1 aliphatic rings. The average Bonchev–Trinajstić information content (AvgIpc) is 3.39. The second-order valence-corrected chi connectivity index (χ2v) is 7.40. The van der Waals surface area contributed by atoms with Crippen molar-refractivity contribution in [2.75, 3.05) is 13.7 Å². The molecule has 162 valence electrons. The number of ether oxygens (including phenoxy) is 1. The van der Waals surface area contributed by atoms with Gasteiger partial charge in [-0.3, -0.25) is 19.8 Å². The van der Waals surface area contributed by atoms with Gasteiger partial charge in [-0.25, -0.2) is 4.79 Å². The quantitative estimate of drug-likeness (QED) is 0.205. The Labute approximate surface area is 188 Å². The van der Waals surface area contributed by atoms with Gasteiger partial charge in [-0.1, -0.05) is 24.3 Å². The zero-order valence-electron chi connectivity index (χ0n) is 17.2. The van der Waals surface area contributed by atoms with Gasteiger partial charge in [0, 0.05) is 29.2 Å². The van der Waals surface area contributed by atoms with Gasteiger partial charge in [0.05, 0.1) is 13.7 Å². The number of fused-ring (bicyclic) bond motifs is 1. The number of esters is 1. The Morgan fingerprint density at radius 2 is 2.03 bits per heavy atom. The van der Waals surface area contributed by atoms with Gasteiger partial charge in [0.25, 0.3) is 11.8 Å². The maximum atomic E-state index is 12.9. The van der Waals surface area contributed by atoms with Gasteiger partial charge < -0.3 is 13.7 Å². The van der Waals surface area contributed by atoms with Crippen molar-refractivity contribution < 1.29 is 23.5 Å². The van der Waals surface area contributed by atoms with Crippen molar-refractivity contribution in [3.8, 4) is 0 Å². The van der Waals surface area contributed by atoms with Crippen LogP contribution in [0.1, 0.15) is 21.9 Å². The third-order valence-corrected chi connectivity index (χ3v) is 5.31. The normalized spacial score (nSPS) is 15.3. The van der Waals surface area contributed by atoms with Crippen LogP contribution in [-0.2, 0) is 20.9 Å². The highest BCUT2D eigenvalue weighted by molar-refractivity contribution is 7.80. The van der Waals surface area contributed by atoms with Crippen LogP contribution in [0.15, 0.2) is 65.2 Å². The number of nitrogens with one attached hydrogen (secondary N) is 1. The van der Waals surface area contributed by atoms with Crippen LogP contribution in [0.25, 0.3) is 17.0 Å². The van der Waals surface area contributed by atoms with Gasteiger partial charge in [-0.15, -0.1) is 6.58 Å². The Kier molecular flexibility index (Phi) is 5.74. The molecule has 0 spiro atoms. The molecule has 2 aromatic heterocycles. The van der Waals surface area contributed by atoms with Gasteiger partial charge in [0.1, 0.15) is 11.3 Å². The molecule has 0 saturated carbocycles. The largest absolute Gasteiger partial charge is 0.463 e. The SMILES string of the molecule is C=CCN1C(=O)/C(=C\c2cn(Cc3ccc(C(=O)OC)o3)c3ccccc23)C(=O)NC1=S. The number of benzene rings is 1. The maximum Gasteiger partial charge on any atom is 0.373 e. The molecule has 32 heavy (non-hydrogen) atoms. The molecule has 0 atom stereocenters. The molecule has 4 rings (SSSR count). The van der Waals surface area contributed by atoms with Gasteiger partial charge in [-0.2, -0.15) is 0 Å². The Hall–Kier alpha value is -3.98. The first-order valence-corrected chi connectivity index (χ1v) is 10.1. The van der Waals surface area contributed by atoms with Crippen molar-refractivity contribution >= 4 is 52.1 Å².